The monoisotopic (exact) mass is 305 g/mol. The third-order valence-electron chi connectivity index (χ3n) is 2.63. The molecule has 1 N–H and O–H groups in total. The molecule has 0 bridgehead atoms. The topological polar surface area (TPSA) is 99.6 Å². The van der Waals surface area contributed by atoms with Gasteiger partial charge in [0.1, 0.15) is 11.5 Å². The van der Waals surface area contributed by atoms with Crippen LogP contribution in [0.1, 0.15) is 0 Å². The third-order valence-corrected chi connectivity index (χ3v) is 3.47. The number of hydrogen-bond acceptors (Lipinski definition) is 6. The van der Waals surface area contributed by atoms with Gasteiger partial charge in [-0.05, 0) is 27.9 Å². The van der Waals surface area contributed by atoms with E-state index in [1.807, 2.05) is 5.38 Å². The van der Waals surface area contributed by atoms with Crippen molar-refractivity contribution in [2.75, 3.05) is 5.32 Å². The Kier molecular flexibility index (Phi) is 3.36. The second kappa shape index (κ2) is 5.32. The Bertz CT molecular complexity index is 814. The van der Waals surface area contributed by atoms with Crippen LogP contribution < -0.4 is 11.0 Å². The fraction of sp³-hybridized carbons (Fsp3) is 0.182. The summed E-state index contributed by atoms with van der Waals surface area (Å²) in [6, 6.07) is 5.21. The molecule has 21 heavy (non-hydrogen) atoms. The number of rotatable bonds is 4. The van der Waals surface area contributed by atoms with Crippen molar-refractivity contribution in [3.8, 4) is 5.00 Å². The van der Waals surface area contributed by atoms with Gasteiger partial charge in [0, 0.05) is 19.3 Å². The zero-order chi connectivity index (χ0) is 14.8. The van der Waals surface area contributed by atoms with E-state index in [0.29, 0.717) is 10.8 Å². The van der Waals surface area contributed by atoms with Gasteiger partial charge in [0.2, 0.25) is 5.91 Å². The molecule has 0 aliphatic rings. The van der Waals surface area contributed by atoms with Crippen LogP contribution in [0.3, 0.4) is 0 Å². The molecular formula is C11H11N7O2S. The van der Waals surface area contributed by atoms with Gasteiger partial charge in [-0.3, -0.25) is 9.48 Å². The standard InChI is InChI=1S/C11H11N7O2S/c1-16-5-4-8(13-16)12-9(19)7-17-11(20)18(15-14-17)10-3-2-6-21-10/h2-6H,7H2,1H3,(H,12,13,19). The van der Waals surface area contributed by atoms with E-state index in [1.54, 1.807) is 36.1 Å². The second-order valence-corrected chi connectivity index (χ2v) is 5.13. The largest absolute Gasteiger partial charge is 0.369 e. The summed E-state index contributed by atoms with van der Waals surface area (Å²) in [6.45, 7) is -0.221. The van der Waals surface area contributed by atoms with Crippen molar-refractivity contribution in [3.63, 3.8) is 0 Å². The van der Waals surface area contributed by atoms with Gasteiger partial charge < -0.3 is 5.32 Å². The Morgan fingerprint density at radius 3 is 2.90 bits per heavy atom. The van der Waals surface area contributed by atoms with E-state index in [-0.39, 0.29) is 6.54 Å². The summed E-state index contributed by atoms with van der Waals surface area (Å²) >= 11 is 1.36. The van der Waals surface area contributed by atoms with Gasteiger partial charge in [0.05, 0.1) is 0 Å². The van der Waals surface area contributed by atoms with E-state index >= 15 is 0 Å². The van der Waals surface area contributed by atoms with Gasteiger partial charge >= 0.3 is 5.69 Å². The van der Waals surface area contributed by atoms with Crippen LogP contribution in [0.5, 0.6) is 0 Å². The summed E-state index contributed by atoms with van der Waals surface area (Å²) in [7, 11) is 1.74. The van der Waals surface area contributed by atoms with E-state index in [9.17, 15) is 9.59 Å². The lowest BCUT2D eigenvalue weighted by Crippen LogP contribution is -2.29. The van der Waals surface area contributed by atoms with Crippen LogP contribution in [0.2, 0.25) is 0 Å². The molecule has 0 atom stereocenters. The summed E-state index contributed by atoms with van der Waals surface area (Å²) < 4.78 is 3.71. The Balaban J connectivity index is 1.74. The van der Waals surface area contributed by atoms with Crippen molar-refractivity contribution in [1.82, 2.24) is 29.6 Å². The average molecular weight is 305 g/mol. The number of aryl methyl sites for hydroxylation is 1. The Hall–Kier alpha value is -2.75. The number of hydrogen-bond donors (Lipinski definition) is 1. The summed E-state index contributed by atoms with van der Waals surface area (Å²) in [6.07, 6.45) is 1.70. The van der Waals surface area contributed by atoms with Crippen molar-refractivity contribution in [1.29, 1.82) is 0 Å². The molecule has 3 aromatic rings. The van der Waals surface area contributed by atoms with Crippen LogP contribution in [0, 0.1) is 0 Å². The first-order valence-electron chi connectivity index (χ1n) is 6.00. The second-order valence-electron chi connectivity index (χ2n) is 4.21. The number of nitrogens with one attached hydrogen (secondary N) is 1. The Morgan fingerprint density at radius 1 is 1.38 bits per heavy atom. The van der Waals surface area contributed by atoms with Crippen LogP contribution in [0.4, 0.5) is 5.82 Å². The summed E-state index contributed by atoms with van der Waals surface area (Å²) in [5.41, 5.74) is -0.464. The first kappa shape index (κ1) is 13.2. The molecule has 0 aliphatic carbocycles. The molecule has 3 aromatic heterocycles. The van der Waals surface area contributed by atoms with Crippen molar-refractivity contribution in [2.45, 2.75) is 6.54 Å². The molecule has 3 rings (SSSR count). The van der Waals surface area contributed by atoms with Gasteiger partial charge in [0.15, 0.2) is 5.82 Å². The lowest BCUT2D eigenvalue weighted by molar-refractivity contribution is -0.117. The van der Waals surface area contributed by atoms with Gasteiger partial charge in [-0.1, -0.05) is 0 Å². The molecule has 10 heteroatoms. The van der Waals surface area contributed by atoms with Gasteiger partial charge in [-0.15, -0.1) is 11.3 Å². The predicted octanol–water partition coefficient (Wildman–Crippen LogP) is -0.137. The maximum Gasteiger partial charge on any atom is 0.369 e. The molecule has 0 spiro atoms. The van der Waals surface area contributed by atoms with Crippen LogP contribution in [-0.2, 0) is 18.4 Å². The van der Waals surface area contributed by atoms with Gasteiger partial charge in [0.25, 0.3) is 0 Å². The van der Waals surface area contributed by atoms with Crippen LogP contribution in [-0.4, -0.2) is 35.5 Å². The fourth-order valence-electron chi connectivity index (χ4n) is 1.70. The molecule has 0 saturated carbocycles. The Morgan fingerprint density at radius 2 is 2.24 bits per heavy atom. The number of anilines is 1. The van der Waals surface area contributed by atoms with Crippen molar-refractivity contribution >= 4 is 23.1 Å². The van der Waals surface area contributed by atoms with E-state index < -0.39 is 11.6 Å². The van der Waals surface area contributed by atoms with Crippen molar-refractivity contribution < 1.29 is 4.79 Å². The number of carbonyl (C=O) groups excluding carboxylic acids is 1. The smallest absolute Gasteiger partial charge is 0.308 e. The number of carbonyl (C=O) groups is 1. The van der Waals surface area contributed by atoms with Gasteiger partial charge in [-0.25, -0.2) is 4.79 Å². The lowest BCUT2D eigenvalue weighted by atomic mass is 10.5. The molecule has 1 amide bonds. The fourth-order valence-corrected chi connectivity index (χ4v) is 2.37. The van der Waals surface area contributed by atoms with E-state index in [4.69, 9.17) is 0 Å². The molecule has 0 unspecified atom stereocenters. The number of tetrazole rings is 1. The maximum absolute atomic E-state index is 12.1. The van der Waals surface area contributed by atoms with Crippen molar-refractivity contribution in [2.24, 2.45) is 7.05 Å². The van der Waals surface area contributed by atoms with Crippen LogP contribution in [0.25, 0.3) is 5.00 Å². The highest BCUT2D eigenvalue weighted by Gasteiger charge is 2.13. The molecule has 0 saturated heterocycles. The number of amides is 1. The normalized spacial score (nSPS) is 10.7. The highest BCUT2D eigenvalue weighted by Crippen LogP contribution is 2.10. The van der Waals surface area contributed by atoms with E-state index in [0.717, 1.165) is 9.36 Å². The predicted molar refractivity (Wildman–Crippen MR) is 75.3 cm³/mol. The first-order valence-corrected chi connectivity index (χ1v) is 6.87. The number of aromatic nitrogens is 6. The first-order chi connectivity index (χ1) is 10.1. The highest BCUT2D eigenvalue weighted by atomic mass is 32.1. The molecular weight excluding hydrogens is 294 g/mol. The highest BCUT2D eigenvalue weighted by molar-refractivity contribution is 7.12. The SMILES string of the molecule is Cn1ccc(NC(=O)Cn2nnn(-c3cccs3)c2=O)n1. The third kappa shape index (κ3) is 2.74. The number of thiophene rings is 1. The number of nitrogens with zero attached hydrogens (tertiary/aromatic N) is 6. The summed E-state index contributed by atoms with van der Waals surface area (Å²) in [4.78, 5) is 23.9. The minimum Gasteiger partial charge on any atom is -0.308 e. The molecule has 0 aromatic carbocycles. The molecule has 0 radical (unpaired) electrons. The van der Waals surface area contributed by atoms with E-state index in [1.165, 1.54) is 11.3 Å². The minimum atomic E-state index is -0.464. The quantitative estimate of drug-likeness (QED) is 0.723. The van der Waals surface area contributed by atoms with Crippen molar-refractivity contribution in [3.05, 3.63) is 40.3 Å². The molecule has 9 nitrogen and oxygen atoms in total. The van der Waals surface area contributed by atoms with Crippen LogP contribution in [0.15, 0.2) is 34.6 Å². The average Bonchev–Trinajstić information content (AvgIpc) is 3.14. The minimum absolute atomic E-state index is 0.221. The van der Waals surface area contributed by atoms with Gasteiger partial charge in [-0.2, -0.15) is 14.5 Å². The Labute approximate surface area is 122 Å². The summed E-state index contributed by atoms with van der Waals surface area (Å²) in [5.74, 6) is 0.0234. The summed E-state index contributed by atoms with van der Waals surface area (Å²) in [5, 5.41) is 16.5. The van der Waals surface area contributed by atoms with Crippen LogP contribution >= 0.6 is 11.3 Å². The molecule has 0 fully saturated rings. The molecule has 0 aliphatic heterocycles. The molecule has 3 heterocycles. The zero-order valence-corrected chi connectivity index (χ0v) is 11.8. The zero-order valence-electron chi connectivity index (χ0n) is 11.0. The lowest BCUT2D eigenvalue weighted by Gasteiger charge is -2.00. The van der Waals surface area contributed by atoms with E-state index in [2.05, 4.69) is 20.8 Å². The molecule has 108 valence electrons. The maximum atomic E-state index is 12.1.